The van der Waals surface area contributed by atoms with Crippen molar-refractivity contribution >= 4 is 22.0 Å². The fourth-order valence-corrected chi connectivity index (χ4v) is 18.9. The van der Waals surface area contributed by atoms with Gasteiger partial charge in [-0.25, -0.2) is 0 Å². The summed E-state index contributed by atoms with van der Waals surface area (Å²) < 4.78 is 6.33. The molecule has 0 saturated heterocycles. The molecule has 0 aliphatic heterocycles. The first-order valence-electron chi connectivity index (χ1n) is 9.17. The van der Waals surface area contributed by atoms with E-state index in [0.717, 1.165) is 6.42 Å². The number of hydrogen-bond acceptors (Lipinski definition) is 1. The van der Waals surface area contributed by atoms with Crippen molar-refractivity contribution in [3.8, 4) is 0 Å². The van der Waals surface area contributed by atoms with Gasteiger partial charge in [0.2, 0.25) is 0 Å². The fourth-order valence-electron chi connectivity index (χ4n) is 3.30. The van der Waals surface area contributed by atoms with Gasteiger partial charge in [-0.05, 0) is 0 Å². The van der Waals surface area contributed by atoms with Gasteiger partial charge in [-0.3, -0.25) is 0 Å². The second kappa shape index (κ2) is 10.6. The Bertz CT molecular complexity index is 350. The summed E-state index contributed by atoms with van der Waals surface area (Å²) in [6.45, 7) is 9.22. The van der Waals surface area contributed by atoms with Gasteiger partial charge in [0.05, 0.1) is 0 Å². The molecule has 0 aliphatic rings. The molecule has 0 N–H and O–H groups in total. The van der Waals surface area contributed by atoms with Crippen LogP contribution in [0.25, 0.3) is 0 Å². The Morgan fingerprint density at radius 2 is 1.33 bits per heavy atom. The molecule has 0 fully saturated rings. The Balaban J connectivity index is 3.02. The average molecular weight is 396 g/mol. The molecule has 0 aliphatic carbocycles. The molecule has 0 saturated carbocycles. The number of aryl methyl sites for hydroxylation is 1. The average Bonchev–Trinajstić information content (AvgIpc) is 2.55. The Hall–Kier alpha value is -0.0513. The van der Waals surface area contributed by atoms with Gasteiger partial charge in [0, 0.05) is 0 Å². The SMILES string of the molecule is CCC[CH2][Sn]([CH2]CCC)([CH2]CCC)[c]1ccc(CC)nc1. The number of rotatable bonds is 11. The van der Waals surface area contributed by atoms with Gasteiger partial charge >= 0.3 is 137 Å². The van der Waals surface area contributed by atoms with E-state index in [1.807, 2.05) is 0 Å². The summed E-state index contributed by atoms with van der Waals surface area (Å²) in [5.41, 5.74) is 1.25. The summed E-state index contributed by atoms with van der Waals surface area (Å²) >= 11 is -2.21. The molecule has 0 amide bonds. The number of nitrogens with zero attached hydrogens (tertiary/aromatic N) is 1. The van der Waals surface area contributed by atoms with Gasteiger partial charge in [-0.15, -0.1) is 0 Å². The van der Waals surface area contributed by atoms with Crippen molar-refractivity contribution in [2.75, 3.05) is 0 Å². The molecular weight excluding hydrogens is 361 g/mol. The first-order chi connectivity index (χ1) is 10.2. The van der Waals surface area contributed by atoms with Crippen LogP contribution in [0.1, 0.15) is 71.9 Å². The molecule has 1 aromatic heterocycles. The zero-order chi connectivity index (χ0) is 15.6. The van der Waals surface area contributed by atoms with Crippen LogP contribution < -0.4 is 3.58 Å². The summed E-state index contributed by atoms with van der Waals surface area (Å²) in [7, 11) is 0. The van der Waals surface area contributed by atoms with Gasteiger partial charge in [0.1, 0.15) is 0 Å². The second-order valence-electron chi connectivity index (χ2n) is 6.48. The van der Waals surface area contributed by atoms with Gasteiger partial charge in [-0.1, -0.05) is 0 Å². The van der Waals surface area contributed by atoms with Crippen LogP contribution in [0.3, 0.4) is 0 Å². The second-order valence-corrected chi connectivity index (χ2v) is 19.7. The molecule has 1 aromatic rings. The van der Waals surface area contributed by atoms with E-state index >= 15 is 0 Å². The van der Waals surface area contributed by atoms with E-state index in [9.17, 15) is 0 Å². The minimum absolute atomic E-state index is 1.06. The summed E-state index contributed by atoms with van der Waals surface area (Å²) in [4.78, 5) is 4.74. The number of hydrogen-bond donors (Lipinski definition) is 0. The van der Waals surface area contributed by atoms with E-state index < -0.39 is 18.4 Å². The standard InChI is InChI=1S/C7H8N.3C4H9.Sn/c1-2-7-5-3-4-6-8-7;3*1-3-4-2;/h3,5-6H,2H2,1H3;3*1,3-4H2,2H3;. The Labute approximate surface area is 136 Å². The third-order valence-electron chi connectivity index (χ3n) is 4.83. The van der Waals surface area contributed by atoms with Gasteiger partial charge in [0.25, 0.3) is 0 Å². The van der Waals surface area contributed by atoms with Crippen molar-refractivity contribution in [2.24, 2.45) is 0 Å². The van der Waals surface area contributed by atoms with Crippen molar-refractivity contribution in [3.63, 3.8) is 0 Å². The number of aromatic nitrogens is 1. The Morgan fingerprint density at radius 1 is 0.810 bits per heavy atom. The van der Waals surface area contributed by atoms with Crippen molar-refractivity contribution < 1.29 is 0 Å². The van der Waals surface area contributed by atoms with Gasteiger partial charge < -0.3 is 0 Å². The van der Waals surface area contributed by atoms with Crippen molar-refractivity contribution in [3.05, 3.63) is 24.0 Å². The molecule has 120 valence electrons. The van der Waals surface area contributed by atoms with Crippen LogP contribution >= 0.6 is 0 Å². The van der Waals surface area contributed by atoms with Crippen molar-refractivity contribution in [1.29, 1.82) is 0 Å². The first-order valence-corrected chi connectivity index (χ1v) is 16.7. The maximum absolute atomic E-state index is 4.74. The topological polar surface area (TPSA) is 12.9 Å². The van der Waals surface area contributed by atoms with Crippen LogP contribution in [-0.2, 0) is 6.42 Å². The van der Waals surface area contributed by atoms with Crippen LogP contribution in [0.4, 0.5) is 0 Å². The predicted molar refractivity (Wildman–Crippen MR) is 98.1 cm³/mol. The zero-order valence-electron chi connectivity index (χ0n) is 14.8. The third-order valence-corrected chi connectivity index (χ3v) is 20.4. The van der Waals surface area contributed by atoms with Gasteiger partial charge in [-0.2, -0.15) is 0 Å². The minimum atomic E-state index is -2.21. The summed E-state index contributed by atoms with van der Waals surface area (Å²) in [5, 5.41) is 0. The Kier molecular flexibility index (Phi) is 9.62. The van der Waals surface area contributed by atoms with E-state index in [-0.39, 0.29) is 0 Å². The van der Waals surface area contributed by atoms with Gasteiger partial charge in [0.15, 0.2) is 0 Å². The number of unbranched alkanes of at least 4 members (excludes halogenated alkanes) is 3. The molecule has 0 bridgehead atoms. The van der Waals surface area contributed by atoms with Crippen molar-refractivity contribution in [1.82, 2.24) is 4.98 Å². The van der Waals surface area contributed by atoms with E-state index in [4.69, 9.17) is 4.98 Å². The predicted octanol–water partition coefficient (Wildman–Crippen LogP) is 5.70. The van der Waals surface area contributed by atoms with Crippen LogP contribution in [0.15, 0.2) is 18.3 Å². The summed E-state index contributed by atoms with van der Waals surface area (Å²) in [6, 6.07) is 4.76. The zero-order valence-corrected chi connectivity index (χ0v) is 17.6. The van der Waals surface area contributed by atoms with E-state index in [1.54, 1.807) is 16.9 Å². The molecule has 0 spiro atoms. The van der Waals surface area contributed by atoms with E-state index in [0.29, 0.717) is 0 Å². The molecule has 1 heterocycles. The molecule has 2 heteroatoms. The first kappa shape index (κ1) is 19.0. The molecule has 1 nitrogen and oxygen atoms in total. The van der Waals surface area contributed by atoms with Crippen LogP contribution in [0.2, 0.25) is 13.3 Å². The normalized spacial score (nSPS) is 11.8. The molecular formula is C19H35NSn. The Morgan fingerprint density at radius 3 is 1.67 bits per heavy atom. The third kappa shape index (κ3) is 5.92. The van der Waals surface area contributed by atoms with E-state index in [1.165, 1.54) is 44.2 Å². The molecule has 0 atom stereocenters. The molecule has 0 radical (unpaired) electrons. The monoisotopic (exact) mass is 397 g/mol. The van der Waals surface area contributed by atoms with Crippen LogP contribution in [0, 0.1) is 0 Å². The maximum atomic E-state index is 4.74. The fraction of sp³-hybridized carbons (Fsp3) is 0.737. The molecule has 0 unspecified atom stereocenters. The summed E-state index contributed by atoms with van der Waals surface area (Å²) in [5.74, 6) is 0. The molecule has 21 heavy (non-hydrogen) atoms. The van der Waals surface area contributed by atoms with E-state index in [2.05, 4.69) is 46.0 Å². The molecule has 0 aromatic carbocycles. The molecule has 1 rings (SSSR count). The van der Waals surface area contributed by atoms with Crippen LogP contribution in [0.5, 0.6) is 0 Å². The quantitative estimate of drug-likeness (QED) is 0.438. The van der Waals surface area contributed by atoms with Crippen LogP contribution in [-0.4, -0.2) is 23.4 Å². The summed E-state index contributed by atoms with van der Waals surface area (Å²) in [6.07, 6.45) is 11.7. The van der Waals surface area contributed by atoms with Crippen molar-refractivity contribution in [2.45, 2.75) is 86.0 Å². The number of pyridine rings is 1.